The van der Waals surface area contributed by atoms with Crippen LogP contribution in [-0.4, -0.2) is 6.29 Å². The molecule has 0 aliphatic rings. The minimum atomic E-state index is -0.125. The zero-order chi connectivity index (χ0) is 16.4. The van der Waals surface area contributed by atoms with Crippen molar-refractivity contribution < 1.29 is 4.79 Å². The van der Waals surface area contributed by atoms with Crippen molar-refractivity contribution in [3.05, 3.63) is 96.1 Å². The largest absolute Gasteiger partial charge is 0.303 e. The fraction of sp³-hybridized carbons (Fsp3) is 0.0870. The third-order valence-electron chi connectivity index (χ3n) is 4.70. The molecule has 1 atom stereocenters. The fourth-order valence-corrected chi connectivity index (χ4v) is 3.49. The van der Waals surface area contributed by atoms with Crippen LogP contribution < -0.4 is 0 Å². The molecule has 0 spiro atoms. The van der Waals surface area contributed by atoms with Crippen molar-refractivity contribution in [1.82, 2.24) is 0 Å². The van der Waals surface area contributed by atoms with Crippen LogP contribution in [0.4, 0.5) is 0 Å². The van der Waals surface area contributed by atoms with Crippen molar-refractivity contribution in [3.63, 3.8) is 0 Å². The summed E-state index contributed by atoms with van der Waals surface area (Å²) in [4.78, 5) is 11.8. The van der Waals surface area contributed by atoms with Crippen LogP contribution in [0.5, 0.6) is 0 Å². The van der Waals surface area contributed by atoms with E-state index in [9.17, 15) is 4.79 Å². The number of carbonyl (C=O) groups excluding carboxylic acids is 1. The lowest BCUT2D eigenvalue weighted by Crippen LogP contribution is -2.05. The molecule has 1 nitrogen and oxygen atoms in total. The lowest BCUT2D eigenvalue weighted by Gasteiger charge is -2.16. The topological polar surface area (TPSA) is 17.1 Å². The molecule has 0 saturated heterocycles. The van der Waals surface area contributed by atoms with E-state index in [2.05, 4.69) is 54.6 Å². The van der Waals surface area contributed by atoms with Gasteiger partial charge in [0.05, 0.1) is 0 Å². The number of fused-ring (bicyclic) bond motifs is 2. The van der Waals surface area contributed by atoms with Crippen molar-refractivity contribution in [2.45, 2.75) is 12.3 Å². The predicted octanol–water partition coefficient (Wildman–Crippen LogP) is 5.52. The summed E-state index contributed by atoms with van der Waals surface area (Å²) in [5.74, 6) is -0.125. The first-order chi connectivity index (χ1) is 11.9. The number of hydrogen-bond donors (Lipinski definition) is 0. The van der Waals surface area contributed by atoms with Crippen LogP contribution in [0.25, 0.3) is 21.5 Å². The summed E-state index contributed by atoms with van der Waals surface area (Å²) in [5.41, 5.74) is 2.33. The van der Waals surface area contributed by atoms with Crippen LogP contribution in [-0.2, 0) is 11.2 Å². The fourth-order valence-electron chi connectivity index (χ4n) is 3.49. The molecule has 4 rings (SSSR count). The standard InChI is InChI=1S/C23H18O/c24-16-20(17-8-2-1-3-9-17)15-23-21-12-6-4-10-18(21)14-19-11-5-7-13-22(19)23/h1-14,16,20H,15H2/t20-/m1/s1. The summed E-state index contributed by atoms with van der Waals surface area (Å²) < 4.78 is 0. The number of carbonyl (C=O) groups is 1. The van der Waals surface area contributed by atoms with E-state index in [-0.39, 0.29) is 5.92 Å². The van der Waals surface area contributed by atoms with Gasteiger partial charge in [0.1, 0.15) is 6.29 Å². The van der Waals surface area contributed by atoms with Crippen LogP contribution in [0.1, 0.15) is 17.0 Å². The molecule has 0 aromatic heterocycles. The first-order valence-corrected chi connectivity index (χ1v) is 8.26. The molecule has 0 fully saturated rings. The molecule has 0 amide bonds. The second-order valence-electron chi connectivity index (χ2n) is 6.15. The third kappa shape index (κ3) is 2.59. The Balaban J connectivity index is 1.91. The van der Waals surface area contributed by atoms with Crippen LogP contribution >= 0.6 is 0 Å². The molecule has 0 saturated carbocycles. The predicted molar refractivity (Wildman–Crippen MR) is 100 cm³/mol. The normalized spacial score (nSPS) is 12.3. The quantitative estimate of drug-likeness (QED) is 0.358. The Labute approximate surface area is 141 Å². The third-order valence-corrected chi connectivity index (χ3v) is 4.70. The van der Waals surface area contributed by atoms with Crippen LogP contribution in [0.3, 0.4) is 0 Å². The molecule has 0 N–H and O–H groups in total. The molecule has 0 radical (unpaired) electrons. The van der Waals surface area contributed by atoms with Gasteiger partial charge in [0.2, 0.25) is 0 Å². The van der Waals surface area contributed by atoms with Crippen LogP contribution in [0.15, 0.2) is 84.9 Å². The highest BCUT2D eigenvalue weighted by Gasteiger charge is 2.15. The van der Waals surface area contributed by atoms with Crippen molar-refractivity contribution in [3.8, 4) is 0 Å². The summed E-state index contributed by atoms with van der Waals surface area (Å²) in [6, 6.07) is 29.1. The Morgan fingerprint density at radius 1 is 0.708 bits per heavy atom. The maximum Gasteiger partial charge on any atom is 0.127 e. The van der Waals surface area contributed by atoms with Crippen molar-refractivity contribution in [2.24, 2.45) is 0 Å². The average molecular weight is 310 g/mol. The van der Waals surface area contributed by atoms with Gasteiger partial charge in [-0.1, -0.05) is 78.9 Å². The molecule has 0 unspecified atom stereocenters. The lowest BCUT2D eigenvalue weighted by atomic mass is 9.87. The first-order valence-electron chi connectivity index (χ1n) is 8.26. The summed E-state index contributed by atoms with van der Waals surface area (Å²) in [6.07, 6.45) is 1.79. The van der Waals surface area contributed by atoms with E-state index >= 15 is 0 Å². The molecule has 0 heterocycles. The van der Waals surface area contributed by atoms with Crippen molar-refractivity contribution >= 4 is 27.8 Å². The van der Waals surface area contributed by atoms with E-state index in [1.165, 1.54) is 27.1 Å². The zero-order valence-electron chi connectivity index (χ0n) is 13.4. The molecule has 0 bridgehead atoms. The van der Waals surface area contributed by atoms with Gasteiger partial charge in [-0.3, -0.25) is 0 Å². The van der Waals surface area contributed by atoms with Gasteiger partial charge in [0.25, 0.3) is 0 Å². The molecule has 116 valence electrons. The zero-order valence-corrected chi connectivity index (χ0v) is 13.4. The second kappa shape index (κ2) is 6.29. The Morgan fingerprint density at radius 2 is 1.25 bits per heavy atom. The molecular weight excluding hydrogens is 292 g/mol. The lowest BCUT2D eigenvalue weighted by molar-refractivity contribution is -0.109. The maximum atomic E-state index is 11.8. The van der Waals surface area contributed by atoms with Gasteiger partial charge < -0.3 is 4.79 Å². The van der Waals surface area contributed by atoms with E-state index in [1.54, 1.807) is 0 Å². The van der Waals surface area contributed by atoms with E-state index in [0.717, 1.165) is 18.3 Å². The molecule has 4 aromatic rings. The molecule has 24 heavy (non-hydrogen) atoms. The Bertz CT molecular complexity index is 948. The van der Waals surface area contributed by atoms with Crippen LogP contribution in [0.2, 0.25) is 0 Å². The highest BCUT2D eigenvalue weighted by Crippen LogP contribution is 2.32. The first kappa shape index (κ1) is 14.6. The van der Waals surface area contributed by atoms with Gasteiger partial charge in [-0.2, -0.15) is 0 Å². The van der Waals surface area contributed by atoms with E-state index in [4.69, 9.17) is 0 Å². The minimum Gasteiger partial charge on any atom is -0.303 e. The van der Waals surface area contributed by atoms with Gasteiger partial charge in [-0.25, -0.2) is 0 Å². The summed E-state index contributed by atoms with van der Waals surface area (Å²) in [7, 11) is 0. The Kier molecular flexibility index (Phi) is 3.84. The molecule has 4 aromatic carbocycles. The smallest absolute Gasteiger partial charge is 0.127 e. The van der Waals surface area contributed by atoms with Crippen molar-refractivity contribution in [1.29, 1.82) is 0 Å². The summed E-state index contributed by atoms with van der Waals surface area (Å²) in [5, 5.41) is 4.92. The van der Waals surface area contributed by atoms with E-state index < -0.39 is 0 Å². The monoisotopic (exact) mass is 310 g/mol. The van der Waals surface area contributed by atoms with E-state index in [1.807, 2.05) is 30.3 Å². The Hall–Kier alpha value is -2.93. The van der Waals surface area contributed by atoms with Crippen molar-refractivity contribution in [2.75, 3.05) is 0 Å². The van der Waals surface area contributed by atoms with Gasteiger partial charge in [0.15, 0.2) is 0 Å². The molecular formula is C23H18O. The molecule has 1 heteroatoms. The van der Waals surface area contributed by atoms with Gasteiger partial charge in [-0.15, -0.1) is 0 Å². The highest BCUT2D eigenvalue weighted by molar-refractivity contribution is 6.02. The molecule has 0 aliphatic heterocycles. The van der Waals surface area contributed by atoms with Gasteiger partial charge in [-0.05, 0) is 45.2 Å². The van der Waals surface area contributed by atoms with Gasteiger partial charge in [0, 0.05) is 5.92 Å². The number of aldehydes is 1. The second-order valence-corrected chi connectivity index (χ2v) is 6.15. The number of hydrogen-bond acceptors (Lipinski definition) is 1. The SMILES string of the molecule is O=C[C@@H](Cc1c2ccccc2cc2ccccc12)c1ccccc1. The average Bonchev–Trinajstić information content (AvgIpc) is 2.66. The summed E-state index contributed by atoms with van der Waals surface area (Å²) >= 11 is 0. The minimum absolute atomic E-state index is 0.125. The van der Waals surface area contributed by atoms with E-state index in [0.29, 0.717) is 0 Å². The highest BCUT2D eigenvalue weighted by atomic mass is 16.1. The molecule has 0 aliphatic carbocycles. The number of rotatable bonds is 4. The number of benzene rings is 4. The maximum absolute atomic E-state index is 11.8. The summed E-state index contributed by atoms with van der Waals surface area (Å²) in [6.45, 7) is 0. The van der Waals surface area contributed by atoms with Gasteiger partial charge >= 0.3 is 0 Å². The Morgan fingerprint density at radius 3 is 1.83 bits per heavy atom. The van der Waals surface area contributed by atoms with Crippen LogP contribution in [0, 0.1) is 0 Å².